The molecule has 0 radical (unpaired) electrons. The van der Waals surface area contributed by atoms with Gasteiger partial charge < -0.3 is 5.32 Å². The van der Waals surface area contributed by atoms with Crippen molar-refractivity contribution in [3.8, 4) is 0 Å². The van der Waals surface area contributed by atoms with Gasteiger partial charge >= 0.3 is 0 Å². The molecule has 1 aliphatic carbocycles. The second-order valence-electron chi connectivity index (χ2n) is 8.28. The highest BCUT2D eigenvalue weighted by atomic mass is 35.5. The summed E-state index contributed by atoms with van der Waals surface area (Å²) in [6.45, 7) is 0. The molecule has 2 aromatic rings. The van der Waals surface area contributed by atoms with Crippen LogP contribution in [0.5, 0.6) is 0 Å². The van der Waals surface area contributed by atoms with Gasteiger partial charge in [-0.25, -0.2) is 0 Å². The number of hydrazone groups is 1. The molecule has 2 aromatic carbocycles. The van der Waals surface area contributed by atoms with E-state index in [2.05, 4.69) is 37.4 Å². The molecule has 1 aliphatic heterocycles. The summed E-state index contributed by atoms with van der Waals surface area (Å²) >= 11 is 12.6. The van der Waals surface area contributed by atoms with E-state index in [-0.39, 0.29) is 18.0 Å². The normalized spacial score (nSPS) is 20.0. The molecule has 2 aliphatic rings. The van der Waals surface area contributed by atoms with E-state index in [9.17, 15) is 4.79 Å². The number of anilines is 1. The van der Waals surface area contributed by atoms with Crippen molar-refractivity contribution >= 4 is 53.8 Å². The Balaban J connectivity index is 1.61. The summed E-state index contributed by atoms with van der Waals surface area (Å²) in [5.74, 6) is -0.0633. The van der Waals surface area contributed by atoms with Crippen LogP contribution in [0.25, 0.3) is 0 Å². The number of halogens is 2. The van der Waals surface area contributed by atoms with Crippen LogP contribution >= 0.6 is 23.2 Å². The number of amides is 1. The fourth-order valence-corrected chi connectivity index (χ4v) is 4.77. The van der Waals surface area contributed by atoms with Gasteiger partial charge in [-0.05, 0) is 36.6 Å². The third kappa shape index (κ3) is 4.84. The Kier molecular flexibility index (Phi) is 6.69. The highest BCUT2D eigenvalue weighted by molar-refractivity contribution is 6.40. The van der Waals surface area contributed by atoms with Gasteiger partial charge in [-0.15, -0.1) is 0 Å². The first kappa shape index (κ1) is 21.3. The van der Waals surface area contributed by atoms with Crippen LogP contribution in [-0.4, -0.2) is 25.5 Å². The molecule has 156 valence electrons. The summed E-state index contributed by atoms with van der Waals surface area (Å²) < 4.78 is 0. The number of carbonyl (C=O) groups excluding carboxylic acids is 1. The van der Waals surface area contributed by atoms with Crippen molar-refractivity contribution < 1.29 is 4.79 Å². The fraction of sp³-hybridized carbons (Fsp3) is 0.391. The molecule has 0 spiro atoms. The first-order chi connectivity index (χ1) is 14.5. The number of nitrogens with zero attached hydrogens (tertiary/aromatic N) is 2. The van der Waals surface area contributed by atoms with Gasteiger partial charge in [0.05, 0.1) is 16.8 Å². The molecule has 1 unspecified atom stereocenters. The van der Waals surface area contributed by atoms with Crippen molar-refractivity contribution in [1.82, 2.24) is 5.32 Å². The minimum atomic E-state index is -0.0841. The first-order valence-corrected chi connectivity index (χ1v) is 11.5. The van der Waals surface area contributed by atoms with Gasteiger partial charge in [-0.3, -0.25) is 9.80 Å². The smallest absolute Gasteiger partial charge is 0.267 e. The van der Waals surface area contributed by atoms with Crippen LogP contribution in [-0.2, 0) is 4.79 Å². The van der Waals surface area contributed by atoms with Gasteiger partial charge in [-0.1, -0.05) is 78.6 Å². The van der Waals surface area contributed by atoms with E-state index in [1.165, 1.54) is 31.1 Å². The van der Waals surface area contributed by atoms with Crippen LogP contribution in [0.3, 0.4) is 0 Å². The number of hydrogen-bond donors (Lipinski definition) is 1. The molecule has 0 bridgehead atoms. The molecular formula is C23H26BCl2N3O. The molecule has 1 N–H and O–H groups in total. The van der Waals surface area contributed by atoms with Gasteiger partial charge in [0, 0.05) is 17.5 Å². The fourth-order valence-electron chi connectivity index (χ4n) is 4.28. The minimum absolute atomic E-state index is 0.0633. The summed E-state index contributed by atoms with van der Waals surface area (Å²) in [4.78, 5) is 13.1. The van der Waals surface area contributed by atoms with Crippen LogP contribution in [0.15, 0.2) is 47.6 Å². The number of rotatable bonds is 4. The van der Waals surface area contributed by atoms with Gasteiger partial charge in [0.2, 0.25) is 0 Å². The van der Waals surface area contributed by atoms with Crippen LogP contribution in [0.2, 0.25) is 10.0 Å². The first-order valence-electron chi connectivity index (χ1n) is 10.7. The summed E-state index contributed by atoms with van der Waals surface area (Å²) in [5, 5.41) is 10.9. The molecule has 1 fully saturated rings. The van der Waals surface area contributed by atoms with E-state index in [4.69, 9.17) is 28.3 Å². The maximum absolute atomic E-state index is 13.1. The lowest BCUT2D eigenvalue weighted by atomic mass is 9.92. The van der Waals surface area contributed by atoms with Crippen molar-refractivity contribution in [3.63, 3.8) is 0 Å². The van der Waals surface area contributed by atoms with Crippen LogP contribution < -0.4 is 15.8 Å². The summed E-state index contributed by atoms with van der Waals surface area (Å²) in [6.07, 6.45) is 7.50. The maximum atomic E-state index is 13.1. The number of carbonyl (C=O) groups is 1. The Morgan fingerprint density at radius 1 is 1.03 bits per heavy atom. The highest BCUT2D eigenvalue weighted by Crippen LogP contribution is 2.39. The molecule has 4 nitrogen and oxygen atoms in total. The molecule has 4 rings (SSSR count). The van der Waals surface area contributed by atoms with E-state index in [1.807, 2.05) is 11.1 Å². The zero-order valence-corrected chi connectivity index (χ0v) is 18.7. The summed E-state index contributed by atoms with van der Waals surface area (Å²) in [7, 11) is 2.06. The molecule has 30 heavy (non-hydrogen) atoms. The second kappa shape index (κ2) is 9.44. The zero-order chi connectivity index (χ0) is 21.1. The van der Waals surface area contributed by atoms with Crippen LogP contribution in [0.1, 0.15) is 56.6 Å². The second-order valence-corrected chi connectivity index (χ2v) is 9.12. The number of benzene rings is 2. The zero-order valence-electron chi connectivity index (χ0n) is 17.2. The predicted octanol–water partition coefficient (Wildman–Crippen LogP) is 4.40. The Morgan fingerprint density at radius 2 is 1.73 bits per heavy atom. The Hall–Kier alpha value is -1.98. The molecule has 1 atom stereocenters. The molecular weight excluding hydrogens is 416 g/mol. The standard InChI is InChI=1S/C23H26BCl2N3O/c24-16-9-7-15(8-10-16)22-14-20(23(30)27-18-5-3-1-2-4-6-18)28-29(22)21-12-11-17(25)13-19(21)26/h7-13,18,22H,1-6,14,24H2,(H,27,30). The van der Waals surface area contributed by atoms with Crippen molar-refractivity contribution in [2.45, 2.75) is 57.0 Å². The highest BCUT2D eigenvalue weighted by Gasteiger charge is 2.34. The van der Waals surface area contributed by atoms with Crippen molar-refractivity contribution in [2.75, 3.05) is 5.01 Å². The number of hydrogen-bond acceptors (Lipinski definition) is 3. The predicted molar refractivity (Wildman–Crippen MR) is 128 cm³/mol. The Bertz CT molecular complexity index is 940. The lowest BCUT2D eigenvalue weighted by Crippen LogP contribution is -2.38. The largest absolute Gasteiger partial charge is 0.348 e. The monoisotopic (exact) mass is 441 g/mol. The van der Waals surface area contributed by atoms with E-state index in [0.717, 1.165) is 24.1 Å². The van der Waals surface area contributed by atoms with E-state index in [0.29, 0.717) is 22.2 Å². The quantitative estimate of drug-likeness (QED) is 0.564. The third-order valence-corrected chi connectivity index (χ3v) is 6.52. The maximum Gasteiger partial charge on any atom is 0.267 e. The van der Waals surface area contributed by atoms with E-state index >= 15 is 0 Å². The van der Waals surface area contributed by atoms with Crippen molar-refractivity contribution in [2.24, 2.45) is 5.10 Å². The van der Waals surface area contributed by atoms with E-state index in [1.54, 1.807) is 12.1 Å². The van der Waals surface area contributed by atoms with Crippen LogP contribution in [0.4, 0.5) is 5.69 Å². The molecule has 7 heteroatoms. The average Bonchev–Trinajstić information content (AvgIpc) is 3.00. The van der Waals surface area contributed by atoms with Crippen molar-refractivity contribution in [1.29, 1.82) is 0 Å². The molecule has 1 heterocycles. The van der Waals surface area contributed by atoms with Gasteiger partial charge in [0.25, 0.3) is 5.91 Å². The minimum Gasteiger partial charge on any atom is -0.348 e. The topological polar surface area (TPSA) is 44.7 Å². The Morgan fingerprint density at radius 3 is 2.40 bits per heavy atom. The number of nitrogens with one attached hydrogen (secondary N) is 1. The van der Waals surface area contributed by atoms with Gasteiger partial charge in [0.1, 0.15) is 13.6 Å². The lowest BCUT2D eigenvalue weighted by molar-refractivity contribution is -0.115. The van der Waals surface area contributed by atoms with Gasteiger partial charge in [0.15, 0.2) is 0 Å². The van der Waals surface area contributed by atoms with Crippen molar-refractivity contribution in [3.05, 3.63) is 58.1 Å². The SMILES string of the molecule is Bc1ccc(C2CC(C(=O)NC3CCCCCC3)=NN2c2ccc(Cl)cc2Cl)cc1. The Labute approximate surface area is 189 Å². The van der Waals surface area contributed by atoms with Gasteiger partial charge in [-0.2, -0.15) is 5.10 Å². The molecule has 0 aromatic heterocycles. The average molecular weight is 442 g/mol. The molecule has 1 amide bonds. The van der Waals surface area contributed by atoms with Crippen LogP contribution in [0, 0.1) is 0 Å². The third-order valence-electron chi connectivity index (χ3n) is 5.98. The lowest BCUT2D eigenvalue weighted by Gasteiger charge is -2.25. The van der Waals surface area contributed by atoms with E-state index < -0.39 is 0 Å². The summed E-state index contributed by atoms with van der Waals surface area (Å²) in [5.41, 5.74) is 3.60. The molecule has 1 saturated carbocycles. The molecule has 0 saturated heterocycles. The summed E-state index contributed by atoms with van der Waals surface area (Å²) in [6, 6.07) is 13.9.